The summed E-state index contributed by atoms with van der Waals surface area (Å²) in [6, 6.07) is 10.8. The summed E-state index contributed by atoms with van der Waals surface area (Å²) in [6.07, 6.45) is -3.59. The van der Waals surface area contributed by atoms with Crippen molar-refractivity contribution >= 4 is 41.6 Å². The Morgan fingerprint density at radius 2 is 2.02 bits per heavy atom. The van der Waals surface area contributed by atoms with Gasteiger partial charge < -0.3 is 29.9 Å². The third kappa shape index (κ3) is 5.61. The molecule has 0 amide bonds. The lowest BCUT2D eigenvalue weighted by atomic mass is 9.98. The van der Waals surface area contributed by atoms with Crippen LogP contribution < -0.4 is 20.1 Å². The molecule has 224 valence electrons. The molecule has 0 radical (unpaired) electrons. The third-order valence-electron chi connectivity index (χ3n) is 6.73. The lowest BCUT2D eigenvalue weighted by Crippen LogP contribution is -2.42. The number of nitrogens with two attached hydrogens (primary N) is 1. The van der Waals surface area contributed by atoms with Crippen LogP contribution in [0.3, 0.4) is 0 Å². The van der Waals surface area contributed by atoms with Crippen molar-refractivity contribution < 1.29 is 42.5 Å². The van der Waals surface area contributed by atoms with Gasteiger partial charge in [0.25, 0.3) is 0 Å². The topological polar surface area (TPSA) is 193 Å². The van der Waals surface area contributed by atoms with Gasteiger partial charge >= 0.3 is 13.7 Å². The summed E-state index contributed by atoms with van der Waals surface area (Å²) >= 11 is 0. The molecule has 6 atom stereocenters. The summed E-state index contributed by atoms with van der Waals surface area (Å²) in [5.74, 6) is -1.18. The number of rotatable bonds is 11. The second kappa shape index (κ2) is 11.4. The number of aliphatic hydroxyl groups is 1. The summed E-state index contributed by atoms with van der Waals surface area (Å²) in [5, 5.41) is 24.3. The Labute approximate surface area is 239 Å². The van der Waals surface area contributed by atoms with E-state index in [-0.39, 0.29) is 35.3 Å². The first-order valence-corrected chi connectivity index (χ1v) is 14.5. The maximum Gasteiger partial charge on any atom is 0.459 e. The molecule has 16 heteroatoms. The Bertz CT molecular complexity index is 1660. The van der Waals surface area contributed by atoms with Crippen LogP contribution in [0.1, 0.15) is 27.0 Å². The maximum atomic E-state index is 15.7. The van der Waals surface area contributed by atoms with E-state index in [0.29, 0.717) is 5.39 Å². The van der Waals surface area contributed by atoms with Crippen molar-refractivity contribution in [1.82, 2.24) is 24.6 Å². The number of benzene rings is 2. The van der Waals surface area contributed by atoms with Crippen LogP contribution in [0, 0.1) is 0 Å². The Morgan fingerprint density at radius 1 is 1.29 bits per heavy atom. The number of carboxylic acids is 1. The van der Waals surface area contributed by atoms with Crippen LogP contribution in [0.4, 0.5) is 10.3 Å². The molecule has 5 rings (SSSR count). The molecule has 3 unspecified atom stereocenters. The minimum atomic E-state index is -4.45. The van der Waals surface area contributed by atoms with Crippen LogP contribution in [-0.2, 0) is 18.6 Å². The average Bonchev–Trinajstić information content (AvgIpc) is 3.45. The molecule has 0 bridgehead atoms. The summed E-state index contributed by atoms with van der Waals surface area (Å²) in [5.41, 5.74) is 4.05. The molecule has 0 saturated carbocycles. The van der Waals surface area contributed by atoms with Gasteiger partial charge in [-0.05, 0) is 32.2 Å². The highest BCUT2D eigenvalue weighted by Gasteiger charge is 2.55. The number of fused-ring (bicyclic) bond motifs is 2. The first-order valence-electron chi connectivity index (χ1n) is 13.0. The zero-order chi connectivity index (χ0) is 30.2. The number of hydrogen-bond donors (Lipinski definition) is 4. The second-order valence-corrected chi connectivity index (χ2v) is 11.5. The van der Waals surface area contributed by atoms with Gasteiger partial charge in [0.05, 0.1) is 19.5 Å². The highest BCUT2D eigenvalue weighted by Crippen LogP contribution is 2.49. The molecule has 0 aliphatic carbocycles. The maximum absolute atomic E-state index is 15.7. The number of imidazole rings is 1. The van der Waals surface area contributed by atoms with Crippen molar-refractivity contribution in [1.29, 1.82) is 0 Å². The van der Waals surface area contributed by atoms with E-state index in [1.54, 1.807) is 31.2 Å². The van der Waals surface area contributed by atoms with Gasteiger partial charge in [-0.3, -0.25) is 13.9 Å². The van der Waals surface area contributed by atoms with Gasteiger partial charge in [0.15, 0.2) is 23.6 Å². The van der Waals surface area contributed by atoms with E-state index < -0.39 is 50.5 Å². The lowest BCUT2D eigenvalue weighted by Gasteiger charge is -2.26. The number of carboxylic acid groups (broad SMARTS) is 1. The van der Waals surface area contributed by atoms with Gasteiger partial charge in [0.1, 0.15) is 23.5 Å². The lowest BCUT2D eigenvalue weighted by molar-refractivity contribution is -0.138. The van der Waals surface area contributed by atoms with Crippen molar-refractivity contribution in [2.24, 2.45) is 0 Å². The standard InChI is InChI=1S/C26H30FN6O8P/c1-4-38-22-19-21(30-25(28)31-22)33(13-29-19)24-26(3,36)20(27)18(40-24)12-39-42(37,32-14(2)23(34)35)41-17-11-7-9-15-8-5-6-10-16(15)17/h5-11,13-14,18,20,24,36H,4,12H2,1-3H3,(H,32,37)(H,34,35)(H2,28,30,31)/t14?,18-,20-,24?,26-,42?/m1/s1. The van der Waals surface area contributed by atoms with E-state index in [1.807, 2.05) is 18.2 Å². The summed E-state index contributed by atoms with van der Waals surface area (Å²) in [6.45, 7) is 3.82. The zero-order valence-corrected chi connectivity index (χ0v) is 23.8. The van der Waals surface area contributed by atoms with E-state index in [9.17, 15) is 19.6 Å². The van der Waals surface area contributed by atoms with Crippen molar-refractivity contribution in [2.45, 2.75) is 50.9 Å². The van der Waals surface area contributed by atoms with E-state index in [0.717, 1.165) is 5.39 Å². The van der Waals surface area contributed by atoms with E-state index in [1.165, 1.54) is 24.7 Å². The molecule has 4 aromatic rings. The average molecular weight is 605 g/mol. The van der Waals surface area contributed by atoms with Crippen molar-refractivity contribution in [3.8, 4) is 11.6 Å². The molecular weight excluding hydrogens is 574 g/mol. The number of aromatic nitrogens is 4. The largest absolute Gasteiger partial charge is 0.480 e. The van der Waals surface area contributed by atoms with Crippen LogP contribution in [0.15, 0.2) is 48.8 Å². The first kappa shape index (κ1) is 29.6. The number of alkyl halides is 1. The van der Waals surface area contributed by atoms with Crippen LogP contribution in [0.5, 0.6) is 11.6 Å². The summed E-state index contributed by atoms with van der Waals surface area (Å²) in [7, 11) is -4.45. The molecule has 2 aromatic carbocycles. The number of ether oxygens (including phenoxy) is 2. The Hall–Kier alpha value is -3.88. The fourth-order valence-corrected chi connectivity index (χ4v) is 6.16. The van der Waals surface area contributed by atoms with Gasteiger partial charge in [-0.15, -0.1) is 0 Å². The van der Waals surface area contributed by atoms with Gasteiger partial charge in [-0.2, -0.15) is 15.1 Å². The monoisotopic (exact) mass is 604 g/mol. The van der Waals surface area contributed by atoms with E-state index in [4.69, 9.17) is 24.3 Å². The minimum Gasteiger partial charge on any atom is -0.480 e. The molecule has 1 fully saturated rings. The fourth-order valence-electron chi connectivity index (χ4n) is 4.63. The molecule has 2 aromatic heterocycles. The van der Waals surface area contributed by atoms with Crippen LogP contribution in [0.2, 0.25) is 0 Å². The Kier molecular flexibility index (Phi) is 8.05. The number of nitrogens with one attached hydrogen (secondary N) is 1. The number of nitrogens with zero attached hydrogens (tertiary/aromatic N) is 4. The summed E-state index contributed by atoms with van der Waals surface area (Å²) < 4.78 is 53.5. The van der Waals surface area contributed by atoms with E-state index >= 15 is 4.39 Å². The number of halogens is 1. The molecule has 1 saturated heterocycles. The van der Waals surface area contributed by atoms with Gasteiger partial charge in [-0.1, -0.05) is 36.4 Å². The third-order valence-corrected chi connectivity index (χ3v) is 8.36. The SMILES string of the molecule is CCOc1nc(N)nc2c1ncn2C1O[C@H](COP(=O)(NC(C)C(=O)O)Oc2cccc3ccccc23)[C@@H](F)[C@@]1(C)O. The fraction of sp³-hybridized carbons (Fsp3) is 0.385. The predicted octanol–water partition coefficient (Wildman–Crippen LogP) is 3.21. The van der Waals surface area contributed by atoms with Gasteiger partial charge in [0.2, 0.25) is 11.8 Å². The molecule has 1 aliphatic heterocycles. The zero-order valence-electron chi connectivity index (χ0n) is 22.9. The first-order chi connectivity index (χ1) is 19.9. The van der Waals surface area contributed by atoms with E-state index in [2.05, 4.69) is 20.0 Å². The second-order valence-electron chi connectivity index (χ2n) is 9.85. The molecule has 14 nitrogen and oxygen atoms in total. The smallest absolute Gasteiger partial charge is 0.459 e. The molecule has 1 aliphatic rings. The van der Waals surface area contributed by atoms with Crippen LogP contribution >= 0.6 is 7.75 Å². The van der Waals surface area contributed by atoms with Crippen LogP contribution in [0.25, 0.3) is 21.9 Å². The number of carbonyl (C=O) groups is 1. The molecule has 42 heavy (non-hydrogen) atoms. The van der Waals surface area contributed by atoms with Crippen LogP contribution in [-0.4, -0.2) is 72.8 Å². The molecule has 0 spiro atoms. The highest BCUT2D eigenvalue weighted by molar-refractivity contribution is 7.52. The summed E-state index contributed by atoms with van der Waals surface area (Å²) in [4.78, 5) is 24.0. The normalized spacial score (nSPS) is 24.5. The van der Waals surface area contributed by atoms with Crippen molar-refractivity contribution in [3.63, 3.8) is 0 Å². The number of anilines is 1. The van der Waals surface area contributed by atoms with Crippen molar-refractivity contribution in [2.75, 3.05) is 18.9 Å². The van der Waals surface area contributed by atoms with Gasteiger partial charge in [-0.25, -0.2) is 13.9 Å². The Balaban J connectivity index is 1.41. The number of hydrogen-bond acceptors (Lipinski definition) is 11. The van der Waals surface area contributed by atoms with Gasteiger partial charge in [0, 0.05) is 5.39 Å². The number of aliphatic carboxylic acids is 1. The highest BCUT2D eigenvalue weighted by atomic mass is 31.2. The quantitative estimate of drug-likeness (QED) is 0.183. The predicted molar refractivity (Wildman–Crippen MR) is 149 cm³/mol. The molecular formula is C26H30FN6O8P. The Morgan fingerprint density at radius 3 is 2.76 bits per heavy atom. The number of nitrogen functional groups attached to an aromatic ring is 1. The van der Waals surface area contributed by atoms with Crippen molar-refractivity contribution in [3.05, 3.63) is 48.8 Å². The molecule has 3 heterocycles. The minimum absolute atomic E-state index is 0.109. The molecule has 5 N–H and O–H groups in total.